The highest BCUT2D eigenvalue weighted by molar-refractivity contribution is 6.08. The zero-order valence-electron chi connectivity index (χ0n) is 10.0. The van der Waals surface area contributed by atoms with Crippen LogP contribution in [0.25, 0.3) is 21.8 Å². The van der Waals surface area contributed by atoms with Gasteiger partial charge in [-0.05, 0) is 42.8 Å². The van der Waals surface area contributed by atoms with E-state index in [0.717, 1.165) is 16.5 Å². The van der Waals surface area contributed by atoms with Gasteiger partial charge in [0, 0.05) is 16.3 Å². The molecular formula is C14H10FNO3. The second-order valence-electron chi connectivity index (χ2n) is 4.37. The van der Waals surface area contributed by atoms with Crippen molar-refractivity contribution >= 4 is 28.0 Å². The van der Waals surface area contributed by atoms with Crippen molar-refractivity contribution in [1.29, 1.82) is 0 Å². The molecule has 0 saturated carbocycles. The number of rotatable bonds is 1. The fourth-order valence-corrected chi connectivity index (χ4v) is 2.24. The predicted octanol–water partition coefficient (Wildman–Crippen LogP) is 3.83. The van der Waals surface area contributed by atoms with Crippen LogP contribution in [-0.4, -0.2) is 16.2 Å². The number of hydrogen-bond donors (Lipinski definition) is 2. The Morgan fingerprint density at radius 1 is 1.26 bits per heavy atom. The van der Waals surface area contributed by atoms with Crippen molar-refractivity contribution in [2.75, 3.05) is 0 Å². The second-order valence-corrected chi connectivity index (χ2v) is 4.37. The van der Waals surface area contributed by atoms with E-state index in [4.69, 9.17) is 5.11 Å². The molecule has 0 fully saturated rings. The molecule has 0 saturated heterocycles. The van der Waals surface area contributed by atoms with E-state index in [1.807, 2.05) is 6.07 Å². The minimum Gasteiger partial charge on any atom is -0.449 e. The topological polar surface area (TPSA) is 62.3 Å². The zero-order valence-corrected chi connectivity index (χ0v) is 10.0. The van der Waals surface area contributed by atoms with Crippen molar-refractivity contribution in [2.24, 2.45) is 0 Å². The van der Waals surface area contributed by atoms with Crippen LogP contribution in [0.1, 0.15) is 5.56 Å². The lowest BCUT2D eigenvalue weighted by atomic mass is 10.1. The van der Waals surface area contributed by atoms with Gasteiger partial charge < -0.3 is 14.8 Å². The first kappa shape index (κ1) is 11.5. The van der Waals surface area contributed by atoms with Crippen molar-refractivity contribution < 1.29 is 19.0 Å². The van der Waals surface area contributed by atoms with Gasteiger partial charge in [0.05, 0.1) is 5.52 Å². The third-order valence-corrected chi connectivity index (χ3v) is 2.98. The highest BCUT2D eigenvalue weighted by Crippen LogP contribution is 2.30. The first-order valence-corrected chi connectivity index (χ1v) is 5.67. The summed E-state index contributed by atoms with van der Waals surface area (Å²) in [7, 11) is 0. The molecule has 0 atom stereocenters. The Balaban J connectivity index is 2.31. The molecule has 0 radical (unpaired) electrons. The van der Waals surface area contributed by atoms with E-state index in [-0.39, 0.29) is 11.6 Å². The molecule has 0 aliphatic carbocycles. The molecular weight excluding hydrogens is 249 g/mol. The molecule has 1 heterocycles. The maximum atomic E-state index is 13.8. The van der Waals surface area contributed by atoms with Crippen LogP contribution in [0, 0.1) is 12.7 Å². The van der Waals surface area contributed by atoms with Crippen molar-refractivity contribution in [1.82, 2.24) is 4.98 Å². The fourth-order valence-electron chi connectivity index (χ4n) is 2.24. The Morgan fingerprint density at radius 2 is 2.05 bits per heavy atom. The van der Waals surface area contributed by atoms with Gasteiger partial charge in [0.25, 0.3) is 0 Å². The summed E-state index contributed by atoms with van der Waals surface area (Å²) in [6.45, 7) is 1.80. The summed E-state index contributed by atoms with van der Waals surface area (Å²) < 4.78 is 18.4. The second kappa shape index (κ2) is 3.98. The van der Waals surface area contributed by atoms with E-state index in [2.05, 4.69) is 9.72 Å². The number of carboxylic acid groups (broad SMARTS) is 1. The van der Waals surface area contributed by atoms with Gasteiger partial charge in [0.2, 0.25) is 0 Å². The third-order valence-electron chi connectivity index (χ3n) is 2.98. The molecule has 2 aromatic carbocycles. The molecule has 1 aromatic heterocycles. The molecule has 0 spiro atoms. The zero-order chi connectivity index (χ0) is 13.6. The predicted molar refractivity (Wildman–Crippen MR) is 69.2 cm³/mol. The number of ether oxygens (including phenoxy) is 1. The summed E-state index contributed by atoms with van der Waals surface area (Å²) in [5.41, 5.74) is 1.95. The molecule has 3 rings (SSSR count). The summed E-state index contributed by atoms with van der Waals surface area (Å²) in [6.07, 6.45) is -1.37. The van der Waals surface area contributed by atoms with Crippen LogP contribution < -0.4 is 4.74 Å². The number of benzene rings is 2. The SMILES string of the molecule is Cc1cc(F)c2[nH]c3ccc(OC(=O)O)cc3c2c1. The minimum absolute atomic E-state index is 0.211. The van der Waals surface area contributed by atoms with Gasteiger partial charge in [0.15, 0.2) is 0 Å². The van der Waals surface area contributed by atoms with E-state index in [1.165, 1.54) is 12.1 Å². The number of fused-ring (bicyclic) bond motifs is 3. The monoisotopic (exact) mass is 259 g/mol. The van der Waals surface area contributed by atoms with Crippen molar-refractivity contribution in [3.8, 4) is 5.75 Å². The van der Waals surface area contributed by atoms with Gasteiger partial charge in [-0.1, -0.05) is 0 Å². The van der Waals surface area contributed by atoms with E-state index < -0.39 is 6.16 Å². The molecule has 5 heteroatoms. The molecule has 0 unspecified atom stereocenters. The first-order chi connectivity index (χ1) is 9.04. The van der Waals surface area contributed by atoms with Crippen LogP contribution >= 0.6 is 0 Å². The van der Waals surface area contributed by atoms with Crippen LogP contribution in [-0.2, 0) is 0 Å². The van der Waals surface area contributed by atoms with Crippen LogP contribution in [0.3, 0.4) is 0 Å². The molecule has 3 aromatic rings. The Bertz CT molecular complexity index is 807. The molecule has 96 valence electrons. The number of nitrogens with one attached hydrogen (secondary N) is 1. The van der Waals surface area contributed by atoms with Gasteiger partial charge in [-0.2, -0.15) is 0 Å². The number of aromatic nitrogens is 1. The molecule has 19 heavy (non-hydrogen) atoms. The standard InChI is InChI=1S/C14H10FNO3/c1-7-4-10-9-6-8(19-14(17)18)2-3-12(9)16-13(10)11(15)5-7/h2-6,16H,1H3,(H,17,18). The number of H-pyrrole nitrogens is 1. The van der Waals surface area contributed by atoms with Gasteiger partial charge >= 0.3 is 6.16 Å². The Labute approximate surface area is 107 Å². The third kappa shape index (κ3) is 1.89. The normalized spacial score (nSPS) is 11.1. The summed E-state index contributed by atoms with van der Waals surface area (Å²) in [5.74, 6) is -0.116. The average molecular weight is 259 g/mol. The van der Waals surface area contributed by atoms with Crippen molar-refractivity contribution in [3.05, 3.63) is 41.7 Å². The van der Waals surface area contributed by atoms with E-state index in [0.29, 0.717) is 10.9 Å². The van der Waals surface area contributed by atoms with Gasteiger partial charge in [-0.15, -0.1) is 0 Å². The molecule has 0 aliphatic heterocycles. The maximum absolute atomic E-state index is 13.8. The van der Waals surface area contributed by atoms with E-state index >= 15 is 0 Å². The van der Waals surface area contributed by atoms with Crippen LogP contribution in [0.4, 0.5) is 9.18 Å². The molecule has 2 N–H and O–H groups in total. The Morgan fingerprint density at radius 3 is 2.79 bits per heavy atom. The van der Waals surface area contributed by atoms with Gasteiger partial charge in [0.1, 0.15) is 11.6 Å². The summed E-state index contributed by atoms with van der Waals surface area (Å²) in [6, 6.07) is 8.08. The first-order valence-electron chi connectivity index (χ1n) is 5.67. The Kier molecular flexibility index (Phi) is 2.41. The van der Waals surface area contributed by atoms with Gasteiger partial charge in [-0.3, -0.25) is 0 Å². The molecule has 4 nitrogen and oxygen atoms in total. The lowest BCUT2D eigenvalue weighted by molar-refractivity contribution is 0.144. The van der Waals surface area contributed by atoms with E-state index in [9.17, 15) is 9.18 Å². The minimum atomic E-state index is -1.37. The Hall–Kier alpha value is -2.56. The number of aromatic amines is 1. The van der Waals surface area contributed by atoms with Crippen molar-refractivity contribution in [2.45, 2.75) is 6.92 Å². The van der Waals surface area contributed by atoms with E-state index in [1.54, 1.807) is 19.1 Å². The van der Waals surface area contributed by atoms with Crippen molar-refractivity contribution in [3.63, 3.8) is 0 Å². The highest BCUT2D eigenvalue weighted by Gasteiger charge is 2.11. The summed E-state index contributed by atoms with van der Waals surface area (Å²) in [4.78, 5) is 13.5. The lowest BCUT2D eigenvalue weighted by Gasteiger charge is -2.00. The van der Waals surface area contributed by atoms with Crippen LogP contribution in [0.2, 0.25) is 0 Å². The number of carbonyl (C=O) groups is 1. The van der Waals surface area contributed by atoms with Crippen LogP contribution in [0.5, 0.6) is 5.75 Å². The lowest BCUT2D eigenvalue weighted by Crippen LogP contribution is -2.02. The number of hydrogen-bond acceptors (Lipinski definition) is 2. The van der Waals surface area contributed by atoms with Gasteiger partial charge in [-0.25, -0.2) is 9.18 Å². The largest absolute Gasteiger partial charge is 0.511 e. The number of aryl methyl sites for hydroxylation is 1. The molecule has 0 amide bonds. The highest BCUT2D eigenvalue weighted by atomic mass is 19.1. The maximum Gasteiger partial charge on any atom is 0.511 e. The quantitative estimate of drug-likeness (QED) is 0.515. The summed E-state index contributed by atoms with van der Waals surface area (Å²) >= 11 is 0. The van der Waals surface area contributed by atoms with Crippen LogP contribution in [0.15, 0.2) is 30.3 Å². The fraction of sp³-hybridized carbons (Fsp3) is 0.0714. The molecule has 0 aliphatic rings. The summed E-state index contributed by atoms with van der Waals surface area (Å²) in [5, 5.41) is 10.0. The smallest absolute Gasteiger partial charge is 0.449 e. The molecule has 0 bridgehead atoms. The number of halogens is 1. The average Bonchev–Trinajstić information content (AvgIpc) is 2.67.